The Morgan fingerprint density at radius 2 is 2.21 bits per heavy atom. The molecule has 0 fully saturated rings. The Kier molecular flexibility index (Phi) is 4.10. The summed E-state index contributed by atoms with van der Waals surface area (Å²) >= 11 is 0. The van der Waals surface area contributed by atoms with Crippen molar-refractivity contribution < 1.29 is 5.11 Å². The Balaban J connectivity index is 2.44. The molecule has 0 aliphatic rings. The van der Waals surface area contributed by atoms with Crippen LogP contribution in [0, 0.1) is 5.92 Å². The van der Waals surface area contributed by atoms with Gasteiger partial charge in [-0.05, 0) is 25.8 Å². The lowest BCUT2D eigenvalue weighted by Crippen LogP contribution is -2.35. The molecule has 0 aromatic carbocycles. The molecule has 3 N–H and O–H groups in total. The summed E-state index contributed by atoms with van der Waals surface area (Å²) in [6.45, 7) is 6.39. The summed E-state index contributed by atoms with van der Waals surface area (Å²) in [4.78, 5) is 0. The van der Waals surface area contributed by atoms with Gasteiger partial charge in [0, 0.05) is 24.9 Å². The van der Waals surface area contributed by atoms with Gasteiger partial charge in [-0.2, -0.15) is 5.10 Å². The van der Waals surface area contributed by atoms with E-state index in [1.807, 2.05) is 13.0 Å². The molecule has 0 spiro atoms. The summed E-state index contributed by atoms with van der Waals surface area (Å²) < 4.78 is 0. The van der Waals surface area contributed by atoms with Gasteiger partial charge in [0.2, 0.25) is 0 Å². The van der Waals surface area contributed by atoms with Crippen molar-refractivity contribution >= 4 is 0 Å². The van der Waals surface area contributed by atoms with Gasteiger partial charge < -0.3 is 10.4 Å². The lowest BCUT2D eigenvalue weighted by Gasteiger charge is -2.23. The summed E-state index contributed by atoms with van der Waals surface area (Å²) in [5.41, 5.74) is 1.07. The van der Waals surface area contributed by atoms with E-state index in [0.717, 1.165) is 5.69 Å². The highest BCUT2D eigenvalue weighted by Gasteiger charge is 2.14. The molecule has 4 nitrogen and oxygen atoms in total. The molecule has 14 heavy (non-hydrogen) atoms. The predicted molar refractivity (Wildman–Crippen MR) is 55.9 cm³/mol. The molecular weight excluding hydrogens is 178 g/mol. The molecule has 1 heterocycles. The number of hydrogen-bond acceptors (Lipinski definition) is 3. The topological polar surface area (TPSA) is 60.9 Å². The van der Waals surface area contributed by atoms with Gasteiger partial charge in [0.05, 0.1) is 5.69 Å². The Morgan fingerprint density at radius 3 is 2.71 bits per heavy atom. The van der Waals surface area contributed by atoms with E-state index in [9.17, 15) is 0 Å². The molecule has 0 radical (unpaired) electrons. The molecule has 0 saturated heterocycles. The van der Waals surface area contributed by atoms with Crippen LogP contribution in [0.2, 0.25) is 0 Å². The number of rotatable bonds is 5. The lowest BCUT2D eigenvalue weighted by molar-refractivity contribution is 0.202. The summed E-state index contributed by atoms with van der Waals surface area (Å²) in [7, 11) is 0. The first kappa shape index (κ1) is 11.2. The molecule has 1 aromatic heterocycles. The average Bonchev–Trinajstić information content (AvgIpc) is 2.69. The van der Waals surface area contributed by atoms with Crippen LogP contribution in [0.15, 0.2) is 12.3 Å². The zero-order valence-corrected chi connectivity index (χ0v) is 8.99. The fourth-order valence-electron chi connectivity index (χ4n) is 1.31. The smallest absolute Gasteiger partial charge is 0.0518 e. The number of aliphatic hydroxyl groups excluding tert-OH is 1. The van der Waals surface area contributed by atoms with Crippen molar-refractivity contribution in [3.05, 3.63) is 18.0 Å². The molecule has 0 bridgehead atoms. The highest BCUT2D eigenvalue weighted by Crippen LogP contribution is 2.11. The van der Waals surface area contributed by atoms with Crippen molar-refractivity contribution in [2.75, 3.05) is 6.61 Å². The SMILES string of the molecule is CC(NC(C)C(C)CO)c1ccn[nH]1. The largest absolute Gasteiger partial charge is 0.396 e. The van der Waals surface area contributed by atoms with E-state index in [1.54, 1.807) is 6.20 Å². The van der Waals surface area contributed by atoms with Crippen molar-refractivity contribution in [2.24, 2.45) is 5.92 Å². The molecule has 80 valence electrons. The monoisotopic (exact) mass is 197 g/mol. The van der Waals surface area contributed by atoms with Crippen LogP contribution in [-0.4, -0.2) is 28.0 Å². The quantitative estimate of drug-likeness (QED) is 0.662. The van der Waals surface area contributed by atoms with Gasteiger partial charge in [0.15, 0.2) is 0 Å². The van der Waals surface area contributed by atoms with E-state index in [1.165, 1.54) is 0 Å². The minimum atomic E-state index is 0.212. The normalized spacial score (nSPS) is 17.7. The van der Waals surface area contributed by atoms with E-state index in [-0.39, 0.29) is 18.6 Å². The van der Waals surface area contributed by atoms with Crippen molar-refractivity contribution in [3.63, 3.8) is 0 Å². The van der Waals surface area contributed by atoms with Crippen molar-refractivity contribution in [3.8, 4) is 0 Å². The van der Waals surface area contributed by atoms with Crippen LogP contribution in [0.25, 0.3) is 0 Å². The fourth-order valence-corrected chi connectivity index (χ4v) is 1.31. The Morgan fingerprint density at radius 1 is 1.50 bits per heavy atom. The van der Waals surface area contributed by atoms with Crippen LogP contribution in [0.1, 0.15) is 32.5 Å². The Hall–Kier alpha value is -0.870. The molecular formula is C10H19N3O. The van der Waals surface area contributed by atoms with E-state index in [4.69, 9.17) is 5.11 Å². The number of nitrogens with one attached hydrogen (secondary N) is 2. The molecule has 1 aromatic rings. The van der Waals surface area contributed by atoms with Crippen LogP contribution >= 0.6 is 0 Å². The van der Waals surface area contributed by atoms with Gasteiger partial charge >= 0.3 is 0 Å². The third kappa shape index (κ3) is 2.82. The average molecular weight is 197 g/mol. The summed E-state index contributed by atoms with van der Waals surface area (Å²) in [5, 5.41) is 19.2. The number of hydrogen-bond donors (Lipinski definition) is 3. The van der Waals surface area contributed by atoms with Crippen molar-refractivity contribution in [1.29, 1.82) is 0 Å². The van der Waals surface area contributed by atoms with Gasteiger partial charge in [-0.15, -0.1) is 0 Å². The third-order valence-electron chi connectivity index (χ3n) is 2.64. The van der Waals surface area contributed by atoms with Crippen LogP contribution < -0.4 is 5.32 Å². The standard InChI is InChI=1S/C10H19N3O/c1-7(6-14)8(2)12-9(3)10-4-5-11-13-10/h4-5,7-9,12,14H,6H2,1-3H3,(H,11,13). The molecule has 0 saturated carbocycles. The van der Waals surface area contributed by atoms with Gasteiger partial charge in [0.25, 0.3) is 0 Å². The second-order valence-electron chi connectivity index (χ2n) is 3.85. The van der Waals surface area contributed by atoms with Gasteiger partial charge in [-0.3, -0.25) is 5.10 Å². The highest BCUT2D eigenvalue weighted by molar-refractivity contribution is 5.03. The summed E-state index contributed by atoms with van der Waals surface area (Å²) in [6.07, 6.45) is 1.74. The lowest BCUT2D eigenvalue weighted by atomic mass is 10.0. The van der Waals surface area contributed by atoms with Crippen LogP contribution in [0.4, 0.5) is 0 Å². The zero-order valence-electron chi connectivity index (χ0n) is 8.99. The van der Waals surface area contributed by atoms with E-state index in [2.05, 4.69) is 29.4 Å². The maximum Gasteiger partial charge on any atom is 0.0518 e. The fraction of sp³-hybridized carbons (Fsp3) is 0.700. The first-order valence-electron chi connectivity index (χ1n) is 5.01. The van der Waals surface area contributed by atoms with Gasteiger partial charge in [-0.25, -0.2) is 0 Å². The highest BCUT2D eigenvalue weighted by atomic mass is 16.3. The molecule has 0 amide bonds. The van der Waals surface area contributed by atoms with E-state index in [0.29, 0.717) is 6.04 Å². The maximum atomic E-state index is 8.99. The molecule has 1 rings (SSSR count). The first-order valence-corrected chi connectivity index (χ1v) is 5.01. The molecule has 4 heteroatoms. The Labute approximate surface area is 84.7 Å². The van der Waals surface area contributed by atoms with Crippen LogP contribution in [0.3, 0.4) is 0 Å². The van der Waals surface area contributed by atoms with Gasteiger partial charge in [0.1, 0.15) is 0 Å². The number of aliphatic hydroxyl groups is 1. The summed E-state index contributed by atoms with van der Waals surface area (Å²) in [6, 6.07) is 2.48. The minimum absolute atomic E-state index is 0.212. The Bertz CT molecular complexity index is 248. The van der Waals surface area contributed by atoms with Crippen LogP contribution in [-0.2, 0) is 0 Å². The molecule has 3 unspecified atom stereocenters. The number of aromatic amines is 1. The number of aromatic nitrogens is 2. The molecule has 3 atom stereocenters. The summed E-state index contributed by atoms with van der Waals surface area (Å²) in [5.74, 6) is 0.264. The van der Waals surface area contributed by atoms with Gasteiger partial charge in [-0.1, -0.05) is 6.92 Å². The van der Waals surface area contributed by atoms with Crippen molar-refractivity contribution in [2.45, 2.75) is 32.9 Å². The van der Waals surface area contributed by atoms with E-state index >= 15 is 0 Å². The molecule has 0 aliphatic heterocycles. The second kappa shape index (κ2) is 5.12. The number of H-pyrrole nitrogens is 1. The second-order valence-corrected chi connectivity index (χ2v) is 3.85. The predicted octanol–water partition coefficient (Wildman–Crippen LogP) is 1.08. The van der Waals surface area contributed by atoms with E-state index < -0.39 is 0 Å². The van der Waals surface area contributed by atoms with Crippen molar-refractivity contribution in [1.82, 2.24) is 15.5 Å². The first-order chi connectivity index (χ1) is 6.65. The third-order valence-corrected chi connectivity index (χ3v) is 2.64. The molecule has 0 aliphatic carbocycles. The zero-order chi connectivity index (χ0) is 10.6. The minimum Gasteiger partial charge on any atom is -0.396 e. The maximum absolute atomic E-state index is 8.99. The number of nitrogens with zero attached hydrogens (tertiary/aromatic N) is 1. The van der Waals surface area contributed by atoms with Crippen LogP contribution in [0.5, 0.6) is 0 Å².